The minimum absolute atomic E-state index is 0.917. The molecule has 0 bridgehead atoms. The van der Waals surface area contributed by atoms with E-state index in [2.05, 4.69) is 162 Å². The maximum Gasteiger partial charge on any atom is 0.146 e. The van der Waals surface area contributed by atoms with Crippen LogP contribution in [0.1, 0.15) is 0 Å². The highest BCUT2D eigenvalue weighted by atomic mass is 16.3. The van der Waals surface area contributed by atoms with Gasteiger partial charge in [0, 0.05) is 27.6 Å². The van der Waals surface area contributed by atoms with Crippen LogP contribution in [0, 0.1) is 0 Å². The second-order valence-corrected chi connectivity index (χ2v) is 13.1. The van der Waals surface area contributed by atoms with E-state index in [0.717, 1.165) is 61.2 Å². The molecule has 0 aliphatic heterocycles. The minimum atomic E-state index is 0.917. The van der Waals surface area contributed by atoms with E-state index in [0.29, 0.717) is 0 Å². The predicted octanol–water partition coefficient (Wildman–Crippen LogP) is 12.8. The molecule has 0 unspecified atom stereocenters. The number of hydrogen-bond donors (Lipinski definition) is 0. The largest absolute Gasteiger partial charge is 0.455 e. The summed E-state index contributed by atoms with van der Waals surface area (Å²) in [6.07, 6.45) is 0. The lowest BCUT2D eigenvalue weighted by molar-refractivity contribution is 0.670. The van der Waals surface area contributed by atoms with Gasteiger partial charge >= 0.3 is 0 Å². The van der Waals surface area contributed by atoms with Crippen molar-refractivity contribution in [2.45, 2.75) is 0 Å². The second kappa shape index (κ2) is 10.4. The van der Waals surface area contributed by atoms with E-state index in [-0.39, 0.29) is 0 Å². The molecule has 50 heavy (non-hydrogen) atoms. The van der Waals surface area contributed by atoms with Crippen molar-refractivity contribution in [2.75, 3.05) is 0 Å². The molecule has 0 N–H and O–H groups in total. The van der Waals surface area contributed by atoms with Gasteiger partial charge in [-0.15, -0.1) is 0 Å². The fourth-order valence-corrected chi connectivity index (χ4v) is 8.10. The van der Waals surface area contributed by atoms with E-state index in [1.54, 1.807) is 0 Å². The van der Waals surface area contributed by atoms with Crippen LogP contribution in [0.4, 0.5) is 0 Å². The second-order valence-electron chi connectivity index (χ2n) is 13.1. The molecule has 9 aromatic carbocycles. The number of hydrogen-bond acceptors (Lipinski definition) is 2. The maximum absolute atomic E-state index is 6.36. The van der Waals surface area contributed by atoms with Gasteiger partial charge in [0.15, 0.2) is 0 Å². The fraction of sp³-hybridized carbons (Fsp3) is 0. The molecule has 0 aliphatic rings. The lowest BCUT2D eigenvalue weighted by Crippen LogP contribution is -1.98. The van der Waals surface area contributed by atoms with Gasteiger partial charge in [0.05, 0.1) is 11.0 Å². The summed E-state index contributed by atoms with van der Waals surface area (Å²) in [5, 5.41) is 9.79. The zero-order valence-corrected chi connectivity index (χ0v) is 27.0. The Bertz CT molecular complexity index is 3080. The molecule has 0 saturated heterocycles. The topological polar surface area (TPSA) is 31.0 Å². The van der Waals surface area contributed by atoms with Crippen LogP contribution in [0.25, 0.3) is 105 Å². The van der Waals surface area contributed by atoms with Crippen molar-refractivity contribution in [3.05, 3.63) is 170 Å². The van der Waals surface area contributed by atoms with E-state index in [9.17, 15) is 0 Å². The number of benzene rings is 9. The maximum atomic E-state index is 6.36. The van der Waals surface area contributed by atoms with Crippen molar-refractivity contribution in [3.8, 4) is 39.3 Å². The molecule has 0 spiro atoms. The quantitative estimate of drug-likeness (QED) is 0.180. The number of rotatable bonds is 4. The van der Waals surface area contributed by atoms with E-state index >= 15 is 0 Å². The first kappa shape index (κ1) is 27.3. The summed E-state index contributed by atoms with van der Waals surface area (Å²) in [7, 11) is 0. The minimum Gasteiger partial charge on any atom is -0.455 e. The molecule has 0 radical (unpaired) electrons. The van der Waals surface area contributed by atoms with Crippen LogP contribution >= 0.6 is 0 Å². The van der Waals surface area contributed by atoms with E-state index in [1.807, 2.05) is 12.1 Å². The van der Waals surface area contributed by atoms with E-state index in [4.69, 9.17) is 9.40 Å². The zero-order valence-electron chi connectivity index (χ0n) is 27.0. The highest BCUT2D eigenvalue weighted by molar-refractivity contribution is 6.27. The number of nitrogens with zero attached hydrogens (tertiary/aromatic N) is 2. The number of imidazole rings is 1. The van der Waals surface area contributed by atoms with Gasteiger partial charge < -0.3 is 4.42 Å². The Kier molecular flexibility index (Phi) is 5.67. The van der Waals surface area contributed by atoms with Crippen LogP contribution in [-0.4, -0.2) is 9.55 Å². The van der Waals surface area contributed by atoms with Crippen molar-refractivity contribution in [1.82, 2.24) is 9.55 Å². The van der Waals surface area contributed by atoms with E-state index in [1.165, 1.54) is 43.4 Å². The highest BCUT2D eigenvalue weighted by Gasteiger charge is 2.20. The molecule has 3 heteroatoms. The van der Waals surface area contributed by atoms with Gasteiger partial charge in [0.25, 0.3) is 0 Å². The first-order chi connectivity index (χ1) is 24.8. The molecule has 2 aromatic heterocycles. The molecule has 0 amide bonds. The van der Waals surface area contributed by atoms with Gasteiger partial charge in [-0.05, 0) is 85.4 Å². The monoisotopic (exact) mass is 636 g/mol. The predicted molar refractivity (Wildman–Crippen MR) is 208 cm³/mol. The van der Waals surface area contributed by atoms with Crippen LogP contribution in [0.2, 0.25) is 0 Å². The van der Waals surface area contributed by atoms with E-state index < -0.39 is 0 Å². The normalized spacial score (nSPS) is 12.0. The van der Waals surface area contributed by atoms with Gasteiger partial charge in [0.2, 0.25) is 0 Å². The third kappa shape index (κ3) is 3.89. The Hall–Kier alpha value is -6.71. The van der Waals surface area contributed by atoms with Gasteiger partial charge in [-0.2, -0.15) is 0 Å². The average Bonchev–Trinajstić information content (AvgIpc) is 3.76. The third-order valence-electron chi connectivity index (χ3n) is 10.4. The van der Waals surface area contributed by atoms with Gasteiger partial charge in [-0.1, -0.05) is 133 Å². The molecular formula is C47H28N2O. The molecule has 232 valence electrons. The third-order valence-corrected chi connectivity index (χ3v) is 10.4. The van der Waals surface area contributed by atoms with Crippen LogP contribution in [-0.2, 0) is 0 Å². The summed E-state index contributed by atoms with van der Waals surface area (Å²) in [5.41, 5.74) is 10.8. The summed E-state index contributed by atoms with van der Waals surface area (Å²) in [4.78, 5) is 5.23. The average molecular weight is 637 g/mol. The first-order valence-corrected chi connectivity index (χ1v) is 17.0. The lowest BCUT2D eigenvalue weighted by atomic mass is 9.88. The summed E-state index contributed by atoms with van der Waals surface area (Å²) in [6.45, 7) is 0. The number of para-hydroxylation sites is 5. The van der Waals surface area contributed by atoms with Crippen molar-refractivity contribution in [3.63, 3.8) is 0 Å². The first-order valence-electron chi connectivity index (χ1n) is 17.0. The Morgan fingerprint density at radius 2 is 1.04 bits per heavy atom. The molecule has 0 aliphatic carbocycles. The fourth-order valence-electron chi connectivity index (χ4n) is 8.10. The zero-order chi connectivity index (χ0) is 32.8. The number of aromatic nitrogens is 2. The van der Waals surface area contributed by atoms with Crippen molar-refractivity contribution in [1.29, 1.82) is 0 Å². The SMILES string of the molecule is c1ccc(-n2c(-c3ccc4ccc5c(-c6ccc(-c7cccc8c7oc7ccccc78)cc6)ccc6ccc3c4c65)nc3ccccc32)cc1. The molecule has 2 heterocycles. The summed E-state index contributed by atoms with van der Waals surface area (Å²) >= 11 is 0. The molecule has 0 atom stereocenters. The molecule has 11 aromatic rings. The van der Waals surface area contributed by atoms with Crippen LogP contribution < -0.4 is 0 Å². The van der Waals surface area contributed by atoms with Crippen LogP contribution in [0.15, 0.2) is 174 Å². The smallest absolute Gasteiger partial charge is 0.146 e. The Balaban J connectivity index is 1.09. The molecule has 11 rings (SSSR count). The van der Waals surface area contributed by atoms with Gasteiger partial charge in [-0.3, -0.25) is 4.57 Å². The summed E-state index contributed by atoms with van der Waals surface area (Å²) in [6, 6.07) is 60.7. The van der Waals surface area contributed by atoms with Crippen molar-refractivity contribution in [2.24, 2.45) is 0 Å². The summed E-state index contributed by atoms with van der Waals surface area (Å²) in [5.74, 6) is 0.950. The Labute approximate surface area is 287 Å². The van der Waals surface area contributed by atoms with Gasteiger partial charge in [0.1, 0.15) is 17.0 Å². The molecule has 0 fully saturated rings. The Morgan fingerprint density at radius 1 is 0.420 bits per heavy atom. The van der Waals surface area contributed by atoms with Crippen molar-refractivity contribution < 1.29 is 4.42 Å². The number of fused-ring (bicyclic) bond motifs is 4. The lowest BCUT2D eigenvalue weighted by Gasteiger charge is -2.17. The number of furan rings is 1. The van der Waals surface area contributed by atoms with Crippen LogP contribution in [0.5, 0.6) is 0 Å². The van der Waals surface area contributed by atoms with Crippen molar-refractivity contribution >= 4 is 65.3 Å². The molecule has 3 nitrogen and oxygen atoms in total. The van der Waals surface area contributed by atoms with Crippen LogP contribution in [0.3, 0.4) is 0 Å². The standard InChI is InChI=1S/C47H28N2O/c1-2-9-33(10-3-1)49-42-15-6-5-14-41(42)48-47(49)40-28-24-32-22-26-37-34(25-21-31-23-27-38(40)45(32)44(31)37)29-17-19-30(20-18-29)35-12-8-13-39-36-11-4-7-16-43(36)50-46(35)39/h1-28H. The summed E-state index contributed by atoms with van der Waals surface area (Å²) < 4.78 is 8.65. The Morgan fingerprint density at radius 3 is 1.84 bits per heavy atom. The molecule has 0 saturated carbocycles. The van der Waals surface area contributed by atoms with Gasteiger partial charge in [-0.25, -0.2) is 4.98 Å². The molecular weight excluding hydrogens is 609 g/mol. The highest BCUT2D eigenvalue weighted by Crippen LogP contribution is 2.43.